The van der Waals surface area contributed by atoms with Crippen LogP contribution in [0, 0.1) is 0 Å². The fourth-order valence-electron chi connectivity index (χ4n) is 4.24. The maximum absolute atomic E-state index is 13.6. The summed E-state index contributed by atoms with van der Waals surface area (Å²) in [6, 6.07) is 8.32. The number of anilines is 2. The number of para-hydroxylation sites is 1. The molecule has 0 bridgehead atoms. The van der Waals surface area contributed by atoms with E-state index in [0.29, 0.717) is 0 Å². The highest BCUT2D eigenvalue weighted by Crippen LogP contribution is 2.43. The fraction of sp³-hybridized carbons (Fsp3) is 0.280. The van der Waals surface area contributed by atoms with Crippen molar-refractivity contribution >= 4 is 52.7 Å². The normalized spacial score (nSPS) is 14.1. The molecule has 39 heavy (non-hydrogen) atoms. The first kappa shape index (κ1) is 28.2. The molecule has 0 saturated heterocycles. The number of urea groups is 1. The van der Waals surface area contributed by atoms with E-state index in [9.17, 15) is 27.6 Å². The van der Waals surface area contributed by atoms with Gasteiger partial charge in [0.25, 0.3) is 5.91 Å². The van der Waals surface area contributed by atoms with E-state index >= 15 is 0 Å². The Labute approximate surface area is 230 Å². The zero-order chi connectivity index (χ0) is 28.7. The van der Waals surface area contributed by atoms with E-state index in [2.05, 4.69) is 15.7 Å². The summed E-state index contributed by atoms with van der Waals surface area (Å²) in [4.78, 5) is 40.4. The predicted molar refractivity (Wildman–Crippen MR) is 138 cm³/mol. The van der Waals surface area contributed by atoms with Gasteiger partial charge < -0.3 is 20.3 Å². The monoisotopic (exact) mass is 583 g/mol. The van der Waals surface area contributed by atoms with Crippen LogP contribution in [0.25, 0.3) is 0 Å². The highest BCUT2D eigenvalue weighted by atomic mass is 35.5. The SMILES string of the molecule is CCOC(=O)n1nc2c(c1NC(=O)c1ccccc1C(F)(F)F)CN(C(=O)Nc1c(Cl)cccc1Cl)C2(C)C. The molecule has 0 fully saturated rings. The van der Waals surface area contributed by atoms with Crippen molar-refractivity contribution in [3.05, 3.63) is 74.9 Å². The van der Waals surface area contributed by atoms with Crippen molar-refractivity contribution in [1.82, 2.24) is 14.7 Å². The number of rotatable bonds is 4. The van der Waals surface area contributed by atoms with E-state index in [0.717, 1.165) is 22.9 Å². The zero-order valence-corrected chi connectivity index (χ0v) is 22.3. The van der Waals surface area contributed by atoms with E-state index in [1.54, 1.807) is 39.0 Å². The second kappa shape index (κ2) is 10.4. The van der Waals surface area contributed by atoms with E-state index in [1.165, 1.54) is 11.0 Å². The molecule has 2 aromatic carbocycles. The molecule has 0 radical (unpaired) electrons. The number of aromatic nitrogens is 2. The number of carbonyl (C=O) groups excluding carboxylic acids is 3. The summed E-state index contributed by atoms with van der Waals surface area (Å²) >= 11 is 12.4. The minimum atomic E-state index is -4.80. The van der Waals surface area contributed by atoms with Crippen LogP contribution >= 0.6 is 23.2 Å². The number of benzene rings is 2. The molecule has 1 aromatic heterocycles. The molecule has 2 heterocycles. The van der Waals surface area contributed by atoms with Crippen molar-refractivity contribution < 1.29 is 32.3 Å². The molecule has 1 aliphatic rings. The minimum Gasteiger partial charge on any atom is -0.448 e. The van der Waals surface area contributed by atoms with Gasteiger partial charge in [-0.2, -0.15) is 18.3 Å². The number of fused-ring (bicyclic) bond motifs is 1. The largest absolute Gasteiger partial charge is 0.448 e. The smallest absolute Gasteiger partial charge is 0.436 e. The van der Waals surface area contributed by atoms with Crippen LogP contribution in [0.3, 0.4) is 0 Å². The fourth-order valence-corrected chi connectivity index (χ4v) is 4.73. The lowest BCUT2D eigenvalue weighted by molar-refractivity contribution is -0.137. The van der Waals surface area contributed by atoms with Gasteiger partial charge in [-0.05, 0) is 45.0 Å². The van der Waals surface area contributed by atoms with Gasteiger partial charge in [0.15, 0.2) is 0 Å². The van der Waals surface area contributed by atoms with Crippen LogP contribution in [0.1, 0.15) is 48.0 Å². The number of hydrogen-bond acceptors (Lipinski definition) is 5. The number of ether oxygens (including phenoxy) is 1. The van der Waals surface area contributed by atoms with Crippen LogP contribution in [-0.4, -0.2) is 39.3 Å². The number of nitrogens with one attached hydrogen (secondary N) is 2. The lowest BCUT2D eigenvalue weighted by Crippen LogP contribution is -2.43. The maximum atomic E-state index is 13.6. The van der Waals surface area contributed by atoms with E-state index in [-0.39, 0.29) is 46.0 Å². The predicted octanol–water partition coefficient (Wildman–Crippen LogP) is 6.75. The Morgan fingerprint density at radius 2 is 1.69 bits per heavy atom. The minimum absolute atomic E-state index is 0.0236. The highest BCUT2D eigenvalue weighted by Gasteiger charge is 2.46. The van der Waals surface area contributed by atoms with Gasteiger partial charge >= 0.3 is 18.3 Å². The summed E-state index contributed by atoms with van der Waals surface area (Å²) in [5.74, 6) is -1.34. The third-order valence-corrected chi connectivity index (χ3v) is 6.77. The standard InChI is InChI=1S/C25H22Cl2F3N5O4/c1-4-39-23(38)35-20(32-21(36)13-8-5-6-9-15(13)25(28,29)30)14-12-34(24(2,3)19(14)33-35)22(37)31-18-16(26)10-7-11-17(18)27/h5-11H,4,12H2,1-3H3,(H,31,37)(H,32,36). The Morgan fingerprint density at radius 3 is 2.31 bits per heavy atom. The molecule has 14 heteroatoms. The molecule has 1 aliphatic heterocycles. The topological polar surface area (TPSA) is 106 Å². The average molecular weight is 584 g/mol. The Hall–Kier alpha value is -3.77. The molecule has 2 N–H and O–H groups in total. The Kier molecular flexibility index (Phi) is 7.55. The van der Waals surface area contributed by atoms with Crippen molar-refractivity contribution in [3.63, 3.8) is 0 Å². The van der Waals surface area contributed by atoms with Gasteiger partial charge in [-0.15, -0.1) is 4.68 Å². The van der Waals surface area contributed by atoms with E-state index in [4.69, 9.17) is 27.9 Å². The van der Waals surface area contributed by atoms with Crippen molar-refractivity contribution in [2.24, 2.45) is 0 Å². The first-order chi connectivity index (χ1) is 18.3. The summed E-state index contributed by atoms with van der Waals surface area (Å²) in [6.45, 7) is 4.68. The number of alkyl halides is 3. The second-order valence-corrected chi connectivity index (χ2v) is 9.77. The Morgan fingerprint density at radius 1 is 1.05 bits per heavy atom. The summed E-state index contributed by atoms with van der Waals surface area (Å²) in [6.07, 6.45) is -5.75. The molecule has 0 saturated carbocycles. The molecule has 206 valence electrons. The second-order valence-electron chi connectivity index (χ2n) is 8.96. The lowest BCUT2D eigenvalue weighted by Gasteiger charge is -2.32. The first-order valence-corrected chi connectivity index (χ1v) is 12.3. The Balaban J connectivity index is 1.73. The molecule has 3 aromatic rings. The highest BCUT2D eigenvalue weighted by molar-refractivity contribution is 6.39. The van der Waals surface area contributed by atoms with E-state index < -0.39 is 40.9 Å². The quantitative estimate of drug-likeness (QED) is 0.353. The van der Waals surface area contributed by atoms with Crippen LogP contribution < -0.4 is 10.6 Å². The molecule has 3 amide bonds. The number of hydrogen-bond donors (Lipinski definition) is 2. The van der Waals surface area contributed by atoms with Gasteiger partial charge in [-0.3, -0.25) is 4.79 Å². The Bertz CT molecular complexity index is 1450. The summed E-state index contributed by atoms with van der Waals surface area (Å²) in [7, 11) is 0. The van der Waals surface area contributed by atoms with Crippen molar-refractivity contribution in [1.29, 1.82) is 0 Å². The molecule has 0 unspecified atom stereocenters. The summed E-state index contributed by atoms with van der Waals surface area (Å²) in [5, 5.41) is 9.73. The van der Waals surface area contributed by atoms with Gasteiger partial charge in [0, 0.05) is 5.56 Å². The van der Waals surface area contributed by atoms with Crippen LogP contribution in [0.4, 0.5) is 34.3 Å². The van der Waals surface area contributed by atoms with Gasteiger partial charge in [0.05, 0.1) is 51.2 Å². The van der Waals surface area contributed by atoms with Crippen molar-refractivity contribution in [2.45, 2.75) is 39.0 Å². The van der Waals surface area contributed by atoms with Crippen LogP contribution in [0.2, 0.25) is 10.0 Å². The summed E-state index contributed by atoms with van der Waals surface area (Å²) < 4.78 is 46.4. The third kappa shape index (κ3) is 5.26. The first-order valence-electron chi connectivity index (χ1n) is 11.6. The van der Waals surface area contributed by atoms with Gasteiger partial charge in [-0.1, -0.05) is 41.4 Å². The summed E-state index contributed by atoms with van der Waals surface area (Å²) in [5.41, 5.74) is -2.29. The zero-order valence-electron chi connectivity index (χ0n) is 20.8. The van der Waals surface area contributed by atoms with Crippen molar-refractivity contribution in [3.8, 4) is 0 Å². The number of halogens is 5. The molecule has 0 atom stereocenters. The van der Waals surface area contributed by atoms with Gasteiger partial charge in [0.1, 0.15) is 5.82 Å². The molecular weight excluding hydrogens is 562 g/mol. The number of amides is 3. The average Bonchev–Trinajstić information content (AvgIpc) is 3.35. The molecule has 0 spiro atoms. The number of nitrogens with zero attached hydrogens (tertiary/aromatic N) is 3. The van der Waals surface area contributed by atoms with Crippen LogP contribution in [0.5, 0.6) is 0 Å². The van der Waals surface area contributed by atoms with Crippen LogP contribution in [0.15, 0.2) is 42.5 Å². The molecule has 4 rings (SSSR count). The van der Waals surface area contributed by atoms with Crippen LogP contribution in [-0.2, 0) is 23.0 Å². The maximum Gasteiger partial charge on any atom is 0.436 e. The van der Waals surface area contributed by atoms with Crippen molar-refractivity contribution in [2.75, 3.05) is 17.2 Å². The van der Waals surface area contributed by atoms with Gasteiger partial charge in [-0.25, -0.2) is 9.59 Å². The third-order valence-electron chi connectivity index (χ3n) is 6.14. The lowest BCUT2D eigenvalue weighted by atomic mass is 10.0. The molecule has 0 aliphatic carbocycles. The molecular formula is C25H22Cl2F3N5O4. The van der Waals surface area contributed by atoms with E-state index in [1.807, 2.05) is 0 Å². The molecule has 9 nitrogen and oxygen atoms in total. The number of carbonyl (C=O) groups is 3. The van der Waals surface area contributed by atoms with Gasteiger partial charge in [0.2, 0.25) is 0 Å².